The highest BCUT2D eigenvalue weighted by Gasteiger charge is 2.42. The van der Waals surface area contributed by atoms with E-state index in [2.05, 4.69) is 11.8 Å². The first-order chi connectivity index (χ1) is 7.15. The molecule has 0 aromatic heterocycles. The fourth-order valence-corrected chi connectivity index (χ4v) is 3.34. The SMILES string of the molecule is CC1(CN2CC3CN(N)CC3C2)COC1. The maximum atomic E-state index is 5.83. The molecule has 4 nitrogen and oxygen atoms in total. The maximum absolute atomic E-state index is 5.83. The molecule has 2 atom stereocenters. The summed E-state index contributed by atoms with van der Waals surface area (Å²) in [5, 5.41) is 1.99. The number of hydrazine groups is 1. The Hall–Kier alpha value is -0.160. The van der Waals surface area contributed by atoms with Gasteiger partial charge in [0.05, 0.1) is 13.2 Å². The Kier molecular flexibility index (Phi) is 2.28. The molecule has 3 rings (SSSR count). The molecule has 3 aliphatic rings. The molecule has 0 spiro atoms. The summed E-state index contributed by atoms with van der Waals surface area (Å²) < 4.78 is 5.30. The summed E-state index contributed by atoms with van der Waals surface area (Å²) in [6.45, 7) is 10.1. The highest BCUT2D eigenvalue weighted by molar-refractivity contribution is 4.94. The number of fused-ring (bicyclic) bond motifs is 1. The lowest BCUT2D eigenvalue weighted by atomic mass is 9.88. The molecule has 0 bridgehead atoms. The fraction of sp³-hybridized carbons (Fsp3) is 1.00. The Bertz CT molecular complexity index is 240. The Morgan fingerprint density at radius 2 is 1.80 bits per heavy atom. The van der Waals surface area contributed by atoms with Crippen molar-refractivity contribution in [2.24, 2.45) is 23.1 Å². The van der Waals surface area contributed by atoms with E-state index < -0.39 is 0 Å². The van der Waals surface area contributed by atoms with Crippen molar-refractivity contribution in [2.45, 2.75) is 6.92 Å². The number of hydrogen-bond acceptors (Lipinski definition) is 4. The number of hydrogen-bond donors (Lipinski definition) is 1. The minimum Gasteiger partial charge on any atom is -0.380 e. The molecular weight excluding hydrogens is 190 g/mol. The second-order valence-electron chi connectivity index (χ2n) is 5.97. The lowest BCUT2D eigenvalue weighted by Crippen LogP contribution is -2.48. The lowest BCUT2D eigenvalue weighted by Gasteiger charge is -2.41. The summed E-state index contributed by atoms with van der Waals surface area (Å²) in [6, 6.07) is 0. The number of nitrogens with zero attached hydrogens (tertiary/aromatic N) is 2. The monoisotopic (exact) mass is 211 g/mol. The Balaban J connectivity index is 1.54. The molecule has 4 heteroatoms. The Labute approximate surface area is 91.3 Å². The highest BCUT2D eigenvalue weighted by atomic mass is 16.5. The van der Waals surface area contributed by atoms with E-state index in [1.807, 2.05) is 5.01 Å². The smallest absolute Gasteiger partial charge is 0.0554 e. The van der Waals surface area contributed by atoms with Crippen LogP contribution in [0.3, 0.4) is 0 Å². The molecule has 0 aromatic carbocycles. The van der Waals surface area contributed by atoms with E-state index in [4.69, 9.17) is 10.6 Å². The predicted molar refractivity (Wildman–Crippen MR) is 58.1 cm³/mol. The van der Waals surface area contributed by atoms with Crippen LogP contribution in [0.15, 0.2) is 0 Å². The molecule has 3 heterocycles. The van der Waals surface area contributed by atoms with Gasteiger partial charge in [-0.15, -0.1) is 0 Å². The summed E-state index contributed by atoms with van der Waals surface area (Å²) in [5.41, 5.74) is 0.432. The molecule has 3 aliphatic heterocycles. The van der Waals surface area contributed by atoms with Gasteiger partial charge in [-0.3, -0.25) is 5.84 Å². The average Bonchev–Trinajstić information content (AvgIpc) is 2.58. The molecule has 0 aliphatic carbocycles. The van der Waals surface area contributed by atoms with E-state index in [0.29, 0.717) is 5.41 Å². The van der Waals surface area contributed by atoms with Crippen LogP contribution in [0.25, 0.3) is 0 Å². The normalized spacial score (nSPS) is 40.4. The third-order valence-corrected chi connectivity index (χ3v) is 4.10. The van der Waals surface area contributed by atoms with Crippen molar-refractivity contribution in [3.05, 3.63) is 0 Å². The predicted octanol–water partition coefficient (Wildman–Crippen LogP) is -0.240. The van der Waals surface area contributed by atoms with Crippen LogP contribution in [-0.2, 0) is 4.74 Å². The third-order valence-electron chi connectivity index (χ3n) is 4.10. The molecule has 15 heavy (non-hydrogen) atoms. The van der Waals surface area contributed by atoms with Crippen LogP contribution in [0.5, 0.6) is 0 Å². The third kappa shape index (κ3) is 1.80. The first-order valence-corrected chi connectivity index (χ1v) is 5.94. The molecule has 2 N–H and O–H groups in total. The quantitative estimate of drug-likeness (QED) is 0.640. The van der Waals surface area contributed by atoms with Crippen LogP contribution in [0.1, 0.15) is 6.92 Å². The topological polar surface area (TPSA) is 41.7 Å². The Morgan fingerprint density at radius 1 is 1.20 bits per heavy atom. The van der Waals surface area contributed by atoms with E-state index in [1.54, 1.807) is 0 Å². The molecule has 0 aromatic rings. The summed E-state index contributed by atoms with van der Waals surface area (Å²) in [6.07, 6.45) is 0. The van der Waals surface area contributed by atoms with Crippen LogP contribution in [0.2, 0.25) is 0 Å². The van der Waals surface area contributed by atoms with E-state index in [1.165, 1.54) is 19.6 Å². The van der Waals surface area contributed by atoms with Crippen molar-refractivity contribution in [3.63, 3.8) is 0 Å². The van der Waals surface area contributed by atoms with Crippen molar-refractivity contribution in [1.82, 2.24) is 9.91 Å². The van der Waals surface area contributed by atoms with Crippen molar-refractivity contribution in [1.29, 1.82) is 0 Å². The van der Waals surface area contributed by atoms with Crippen LogP contribution < -0.4 is 5.84 Å². The van der Waals surface area contributed by atoms with Crippen LogP contribution in [0, 0.1) is 17.3 Å². The highest BCUT2D eigenvalue weighted by Crippen LogP contribution is 2.34. The van der Waals surface area contributed by atoms with Gasteiger partial charge in [0.15, 0.2) is 0 Å². The number of likely N-dealkylation sites (tertiary alicyclic amines) is 1. The summed E-state index contributed by atoms with van der Waals surface area (Å²) in [7, 11) is 0. The van der Waals surface area contributed by atoms with Crippen molar-refractivity contribution in [2.75, 3.05) is 45.9 Å². The van der Waals surface area contributed by atoms with Crippen LogP contribution in [0.4, 0.5) is 0 Å². The molecule has 3 fully saturated rings. The molecular formula is C11H21N3O. The number of nitrogens with two attached hydrogens (primary N) is 1. The van der Waals surface area contributed by atoms with Crippen molar-refractivity contribution in [3.8, 4) is 0 Å². The largest absolute Gasteiger partial charge is 0.380 e. The number of ether oxygens (including phenoxy) is 1. The zero-order chi connectivity index (χ0) is 10.5. The van der Waals surface area contributed by atoms with E-state index in [9.17, 15) is 0 Å². The standard InChI is InChI=1S/C11H21N3O/c1-11(7-15-8-11)6-13-2-9-4-14(12)5-10(9)3-13/h9-10H,2-8,12H2,1H3. The summed E-state index contributed by atoms with van der Waals surface area (Å²) >= 11 is 0. The van der Waals surface area contributed by atoms with Gasteiger partial charge in [-0.05, 0) is 11.8 Å². The minimum absolute atomic E-state index is 0.432. The van der Waals surface area contributed by atoms with Crippen LogP contribution in [-0.4, -0.2) is 55.8 Å². The van der Waals surface area contributed by atoms with Crippen molar-refractivity contribution >= 4 is 0 Å². The lowest BCUT2D eigenvalue weighted by molar-refractivity contribution is -0.113. The van der Waals surface area contributed by atoms with Crippen LogP contribution >= 0.6 is 0 Å². The van der Waals surface area contributed by atoms with Gasteiger partial charge < -0.3 is 9.64 Å². The van der Waals surface area contributed by atoms with Gasteiger partial charge in [-0.1, -0.05) is 6.92 Å². The zero-order valence-electron chi connectivity index (χ0n) is 9.48. The molecule has 0 saturated carbocycles. The van der Waals surface area contributed by atoms with E-state index >= 15 is 0 Å². The average molecular weight is 211 g/mol. The van der Waals surface area contributed by atoms with Gasteiger partial charge in [-0.2, -0.15) is 0 Å². The maximum Gasteiger partial charge on any atom is 0.0554 e. The zero-order valence-corrected chi connectivity index (χ0v) is 9.48. The number of rotatable bonds is 2. The molecule has 2 unspecified atom stereocenters. The van der Waals surface area contributed by atoms with Gasteiger partial charge in [0.25, 0.3) is 0 Å². The Morgan fingerprint density at radius 3 is 2.27 bits per heavy atom. The molecule has 86 valence electrons. The minimum atomic E-state index is 0.432. The second-order valence-corrected chi connectivity index (χ2v) is 5.97. The first kappa shape index (κ1) is 10.0. The fourth-order valence-electron chi connectivity index (χ4n) is 3.34. The first-order valence-electron chi connectivity index (χ1n) is 5.94. The van der Waals surface area contributed by atoms with Gasteiger partial charge in [-0.25, -0.2) is 5.01 Å². The molecule has 0 radical (unpaired) electrons. The van der Waals surface area contributed by atoms with Gasteiger partial charge in [0.2, 0.25) is 0 Å². The van der Waals surface area contributed by atoms with Gasteiger partial charge >= 0.3 is 0 Å². The second kappa shape index (κ2) is 3.42. The van der Waals surface area contributed by atoms with Crippen molar-refractivity contribution < 1.29 is 4.74 Å². The molecule has 3 saturated heterocycles. The van der Waals surface area contributed by atoms with E-state index in [-0.39, 0.29) is 0 Å². The van der Waals surface area contributed by atoms with E-state index in [0.717, 1.165) is 38.1 Å². The summed E-state index contributed by atoms with van der Waals surface area (Å²) in [4.78, 5) is 2.62. The van der Waals surface area contributed by atoms with Gasteiger partial charge in [0, 0.05) is 38.1 Å². The molecule has 0 amide bonds. The van der Waals surface area contributed by atoms with Gasteiger partial charge in [0.1, 0.15) is 0 Å². The summed E-state index contributed by atoms with van der Waals surface area (Å²) in [5.74, 6) is 7.47.